The van der Waals surface area contributed by atoms with E-state index in [1.165, 1.54) is 30.3 Å². The fourth-order valence-electron chi connectivity index (χ4n) is 6.44. The summed E-state index contributed by atoms with van der Waals surface area (Å²) in [6.45, 7) is 0. The van der Waals surface area contributed by atoms with Gasteiger partial charge in [-0.15, -0.1) is 5.10 Å². The molecular formula is C22H19F2N9O3. The van der Waals surface area contributed by atoms with Gasteiger partial charge in [-0.3, -0.25) is 4.79 Å². The number of carbonyl (C=O) groups excluding carboxylic acids is 1. The summed E-state index contributed by atoms with van der Waals surface area (Å²) in [5, 5.41) is 35.6. The van der Waals surface area contributed by atoms with Gasteiger partial charge >= 0.3 is 0 Å². The maximum absolute atomic E-state index is 13.7. The first-order valence-electron chi connectivity index (χ1n) is 11.2. The van der Waals surface area contributed by atoms with E-state index >= 15 is 0 Å². The molecule has 7 rings (SSSR count). The van der Waals surface area contributed by atoms with Crippen LogP contribution in [0.1, 0.15) is 6.04 Å². The molecule has 3 aliphatic rings. The van der Waals surface area contributed by atoms with Crippen LogP contribution in [-0.4, -0.2) is 76.4 Å². The largest absolute Gasteiger partial charge is 0.389 e. The molecule has 6 unspecified atom stereocenters. The Hall–Kier alpha value is -4.04. The smallest absolute Gasteiger partial charge is 0.256 e. The fraction of sp³-hybridized carbons (Fsp3) is 0.364. The van der Waals surface area contributed by atoms with Crippen molar-refractivity contribution < 1.29 is 23.8 Å². The van der Waals surface area contributed by atoms with E-state index in [1.54, 1.807) is 11.6 Å². The van der Waals surface area contributed by atoms with Crippen LogP contribution in [0, 0.1) is 28.9 Å². The number of fused-ring (bicyclic) bond motifs is 2. The predicted molar refractivity (Wildman–Crippen MR) is 119 cm³/mol. The number of benzene rings is 1. The Morgan fingerprint density at radius 3 is 2.69 bits per heavy atom. The van der Waals surface area contributed by atoms with Gasteiger partial charge in [0.2, 0.25) is 5.91 Å². The van der Waals surface area contributed by atoms with Crippen LogP contribution in [-0.2, 0) is 4.79 Å². The molecule has 6 atom stereocenters. The number of hydrogen-bond acceptors (Lipinski definition) is 9. The zero-order valence-corrected chi connectivity index (χ0v) is 18.9. The molecule has 0 spiro atoms. The zero-order valence-electron chi connectivity index (χ0n) is 18.9. The van der Waals surface area contributed by atoms with E-state index in [0.29, 0.717) is 22.5 Å². The van der Waals surface area contributed by atoms with Crippen molar-refractivity contribution in [1.29, 1.82) is 0 Å². The molecule has 0 bridgehead atoms. The van der Waals surface area contributed by atoms with E-state index in [9.17, 15) is 23.8 Å². The second-order valence-corrected chi connectivity index (χ2v) is 9.37. The highest BCUT2D eigenvalue weighted by molar-refractivity contribution is 5.93. The van der Waals surface area contributed by atoms with Gasteiger partial charge in [-0.2, -0.15) is 14.6 Å². The molecule has 3 aromatic heterocycles. The summed E-state index contributed by atoms with van der Waals surface area (Å²) in [5.74, 6) is -2.34. The van der Waals surface area contributed by atoms with Crippen LogP contribution < -0.4 is 10.6 Å². The van der Waals surface area contributed by atoms with Crippen molar-refractivity contribution in [3.63, 3.8) is 0 Å². The number of nitrogens with one attached hydrogen (secondary N) is 2. The van der Waals surface area contributed by atoms with Gasteiger partial charge in [-0.25, -0.2) is 13.8 Å². The molecule has 0 aliphatic heterocycles. The number of anilines is 1. The molecule has 3 heterocycles. The monoisotopic (exact) mass is 495 g/mol. The Morgan fingerprint density at radius 2 is 2.00 bits per heavy atom. The first-order chi connectivity index (χ1) is 17.3. The summed E-state index contributed by atoms with van der Waals surface area (Å²) < 4.78 is 29.9. The van der Waals surface area contributed by atoms with Gasteiger partial charge in [-0.1, -0.05) is 5.21 Å². The summed E-state index contributed by atoms with van der Waals surface area (Å²) >= 11 is 0. The highest BCUT2D eigenvalue weighted by atomic mass is 19.2. The predicted octanol–water partition coefficient (Wildman–Crippen LogP) is 0.0326. The average molecular weight is 495 g/mol. The molecule has 36 heavy (non-hydrogen) atoms. The molecule has 12 nitrogen and oxygen atoms in total. The average Bonchev–Trinajstić information content (AvgIpc) is 3.26. The highest BCUT2D eigenvalue weighted by Crippen LogP contribution is 2.91. The van der Waals surface area contributed by atoms with Crippen LogP contribution in [0.15, 0.2) is 30.7 Å². The molecule has 184 valence electrons. The van der Waals surface area contributed by atoms with Crippen LogP contribution in [0.5, 0.6) is 0 Å². The first kappa shape index (κ1) is 21.3. The van der Waals surface area contributed by atoms with Gasteiger partial charge in [0.1, 0.15) is 17.4 Å². The van der Waals surface area contributed by atoms with Crippen LogP contribution in [0.4, 0.5) is 14.6 Å². The Labute approximate surface area is 201 Å². The van der Waals surface area contributed by atoms with E-state index in [1.807, 2.05) is 0 Å². The second-order valence-electron chi connectivity index (χ2n) is 9.37. The van der Waals surface area contributed by atoms with Gasteiger partial charge in [0.25, 0.3) is 5.95 Å². The zero-order chi connectivity index (χ0) is 25.1. The van der Waals surface area contributed by atoms with E-state index in [0.717, 1.165) is 12.1 Å². The van der Waals surface area contributed by atoms with E-state index < -0.39 is 34.8 Å². The molecule has 4 aromatic rings. The fourth-order valence-corrected chi connectivity index (χ4v) is 6.44. The lowest BCUT2D eigenvalue weighted by Crippen LogP contribution is -2.67. The lowest BCUT2D eigenvalue weighted by atomic mass is 9.63. The van der Waals surface area contributed by atoms with Crippen molar-refractivity contribution >= 4 is 22.9 Å². The van der Waals surface area contributed by atoms with Gasteiger partial charge in [-0.05, 0) is 18.2 Å². The minimum atomic E-state index is -1.46. The molecular weight excluding hydrogens is 476 g/mol. The van der Waals surface area contributed by atoms with E-state index in [4.69, 9.17) is 0 Å². The summed E-state index contributed by atoms with van der Waals surface area (Å²) in [6.07, 6.45) is 1.79. The van der Waals surface area contributed by atoms with Crippen molar-refractivity contribution in [2.75, 3.05) is 19.4 Å². The number of aliphatic hydroxyl groups is 2. The summed E-state index contributed by atoms with van der Waals surface area (Å²) in [6, 6.07) is 2.81. The van der Waals surface area contributed by atoms with Crippen LogP contribution in [0.3, 0.4) is 0 Å². The minimum absolute atomic E-state index is 0.113. The SMILES string of the molecule is CNC(=O)C12C3C(n4cnc5c(NC)nc(-n6cc(-c7ccc(F)c(F)c7)nn6)nc54)C(O)(C1O)C32. The number of halogens is 2. The quantitative estimate of drug-likeness (QED) is 0.300. The van der Waals surface area contributed by atoms with Crippen LogP contribution in [0.25, 0.3) is 28.4 Å². The number of nitrogens with zero attached hydrogens (tertiary/aromatic N) is 7. The van der Waals surface area contributed by atoms with Crippen LogP contribution in [0.2, 0.25) is 0 Å². The first-order valence-corrected chi connectivity index (χ1v) is 11.2. The summed E-state index contributed by atoms with van der Waals surface area (Å²) in [4.78, 5) is 26.0. The second kappa shape index (κ2) is 6.59. The summed E-state index contributed by atoms with van der Waals surface area (Å²) in [7, 11) is 3.17. The minimum Gasteiger partial charge on any atom is -0.389 e. The molecule has 0 radical (unpaired) electrons. The summed E-state index contributed by atoms with van der Waals surface area (Å²) in [5.41, 5.74) is -1.06. The standard InChI is InChI=1S/C22H19F2N9O3/c1-25-16-13-17(29-20(28-16)33-6-11(30-31-33)8-3-4-9(23)10(24)5-8)32(7-27-13)15-12-14-21(12,19(35)26-2)18(34)22(14,15)36/h3-7,12,14-15,18,34,36H,1-2H3,(H,26,35)(H,25,28,29). The Kier molecular flexibility index (Phi) is 3.89. The normalized spacial score (nSPS) is 31.4. The number of amides is 1. The van der Waals surface area contributed by atoms with Gasteiger partial charge in [0.15, 0.2) is 28.6 Å². The topological polar surface area (TPSA) is 156 Å². The van der Waals surface area contributed by atoms with Crippen molar-refractivity contribution in [1.82, 2.24) is 39.8 Å². The third-order valence-corrected chi connectivity index (χ3v) is 8.00. The van der Waals surface area contributed by atoms with E-state index in [2.05, 4.69) is 35.9 Å². The maximum atomic E-state index is 13.7. The Balaban J connectivity index is 1.31. The van der Waals surface area contributed by atoms with Gasteiger partial charge in [0.05, 0.1) is 24.0 Å². The number of imidazole rings is 1. The number of aliphatic hydroxyl groups excluding tert-OH is 1. The van der Waals surface area contributed by atoms with Crippen molar-refractivity contribution in [2.45, 2.75) is 17.7 Å². The molecule has 1 aromatic carbocycles. The maximum Gasteiger partial charge on any atom is 0.256 e. The lowest BCUT2D eigenvalue weighted by molar-refractivity contribution is -0.216. The van der Waals surface area contributed by atoms with Gasteiger partial charge < -0.3 is 25.4 Å². The molecule has 14 heteroatoms. The number of rotatable bonds is 5. The molecule has 1 amide bonds. The molecule has 4 N–H and O–H groups in total. The molecule has 3 aliphatic carbocycles. The Bertz CT molecular complexity index is 1600. The van der Waals surface area contributed by atoms with Crippen molar-refractivity contribution in [3.05, 3.63) is 42.4 Å². The number of aromatic nitrogens is 7. The Morgan fingerprint density at radius 1 is 1.19 bits per heavy atom. The molecule has 3 saturated carbocycles. The van der Waals surface area contributed by atoms with Crippen molar-refractivity contribution in [2.24, 2.45) is 17.3 Å². The molecule has 3 fully saturated rings. The number of hydrogen-bond donors (Lipinski definition) is 4. The van der Waals surface area contributed by atoms with Gasteiger partial charge in [0, 0.05) is 31.5 Å². The molecule has 0 saturated heterocycles. The van der Waals surface area contributed by atoms with Crippen molar-refractivity contribution in [3.8, 4) is 17.2 Å². The third-order valence-electron chi connectivity index (χ3n) is 8.00. The van der Waals surface area contributed by atoms with Crippen LogP contribution >= 0.6 is 0 Å². The number of carbonyl (C=O) groups is 1. The lowest BCUT2D eigenvalue weighted by Gasteiger charge is -2.51. The highest BCUT2D eigenvalue weighted by Gasteiger charge is 3.02. The third kappa shape index (κ3) is 2.20. The van der Waals surface area contributed by atoms with E-state index in [-0.39, 0.29) is 29.4 Å².